The minimum atomic E-state index is -0.728. The van der Waals surface area contributed by atoms with Crippen LogP contribution in [-0.2, 0) is 0 Å². The van der Waals surface area contributed by atoms with Gasteiger partial charge in [-0.3, -0.25) is 4.98 Å². The highest BCUT2D eigenvalue weighted by atomic mass is 16.5. The van der Waals surface area contributed by atoms with E-state index in [9.17, 15) is 5.11 Å². The van der Waals surface area contributed by atoms with Crippen molar-refractivity contribution < 1.29 is 14.6 Å². The van der Waals surface area contributed by atoms with Crippen LogP contribution in [0.1, 0.15) is 11.7 Å². The molecule has 4 heteroatoms. The van der Waals surface area contributed by atoms with E-state index in [2.05, 4.69) is 4.98 Å². The fourth-order valence-corrected chi connectivity index (χ4v) is 2.31. The van der Waals surface area contributed by atoms with Crippen LogP contribution in [0.5, 0.6) is 11.5 Å². The quantitative estimate of drug-likeness (QED) is 0.784. The first-order valence-corrected chi connectivity index (χ1v) is 7.06. The highest BCUT2D eigenvalue weighted by Crippen LogP contribution is 2.25. The SMILES string of the molecule is COc1cccc(C(O)COc2cccc3cccnc23)c1. The lowest BCUT2D eigenvalue weighted by Gasteiger charge is -2.14. The second-order valence-corrected chi connectivity index (χ2v) is 4.93. The maximum atomic E-state index is 10.3. The van der Waals surface area contributed by atoms with Gasteiger partial charge in [0.1, 0.15) is 29.7 Å². The summed E-state index contributed by atoms with van der Waals surface area (Å²) in [5.74, 6) is 1.38. The number of pyridine rings is 1. The third-order valence-corrected chi connectivity index (χ3v) is 3.47. The molecule has 1 heterocycles. The number of para-hydroxylation sites is 1. The smallest absolute Gasteiger partial charge is 0.145 e. The highest BCUT2D eigenvalue weighted by molar-refractivity contribution is 5.84. The molecule has 4 nitrogen and oxygen atoms in total. The lowest BCUT2D eigenvalue weighted by molar-refractivity contribution is 0.109. The Morgan fingerprint density at radius 2 is 1.91 bits per heavy atom. The van der Waals surface area contributed by atoms with E-state index in [1.165, 1.54) is 0 Å². The summed E-state index contributed by atoms with van der Waals surface area (Å²) in [4.78, 5) is 4.33. The second kappa shape index (κ2) is 6.45. The molecule has 0 spiro atoms. The van der Waals surface area contributed by atoms with Crippen molar-refractivity contribution in [2.24, 2.45) is 0 Å². The Balaban J connectivity index is 1.76. The lowest BCUT2D eigenvalue weighted by atomic mass is 10.1. The van der Waals surface area contributed by atoms with Gasteiger partial charge in [0.25, 0.3) is 0 Å². The van der Waals surface area contributed by atoms with Crippen molar-refractivity contribution in [3.05, 3.63) is 66.4 Å². The average Bonchev–Trinajstić information content (AvgIpc) is 2.59. The van der Waals surface area contributed by atoms with Gasteiger partial charge in [-0.2, -0.15) is 0 Å². The van der Waals surface area contributed by atoms with Gasteiger partial charge in [0, 0.05) is 11.6 Å². The third kappa shape index (κ3) is 3.02. The summed E-state index contributed by atoms with van der Waals surface area (Å²) in [6.07, 6.45) is 1.00. The number of rotatable bonds is 5. The number of aromatic nitrogens is 1. The van der Waals surface area contributed by atoms with Gasteiger partial charge in [-0.1, -0.05) is 30.3 Å². The number of aliphatic hydroxyl groups is 1. The van der Waals surface area contributed by atoms with Crippen LogP contribution in [0.2, 0.25) is 0 Å². The van der Waals surface area contributed by atoms with Gasteiger partial charge < -0.3 is 14.6 Å². The van der Waals surface area contributed by atoms with E-state index in [-0.39, 0.29) is 6.61 Å². The summed E-state index contributed by atoms with van der Waals surface area (Å²) in [6.45, 7) is 0.156. The Kier molecular flexibility index (Phi) is 4.21. The summed E-state index contributed by atoms with van der Waals surface area (Å²) in [6, 6.07) is 16.9. The fourth-order valence-electron chi connectivity index (χ4n) is 2.31. The van der Waals surface area contributed by atoms with Crippen molar-refractivity contribution >= 4 is 10.9 Å². The normalized spacial score (nSPS) is 12.1. The molecule has 0 amide bonds. The first kappa shape index (κ1) is 14.4. The van der Waals surface area contributed by atoms with Gasteiger partial charge in [0.05, 0.1) is 7.11 Å². The molecular formula is C18H17NO3. The largest absolute Gasteiger partial charge is 0.497 e. The van der Waals surface area contributed by atoms with Crippen molar-refractivity contribution in [2.75, 3.05) is 13.7 Å². The fraction of sp³-hybridized carbons (Fsp3) is 0.167. The average molecular weight is 295 g/mol. The number of hydrogen-bond donors (Lipinski definition) is 1. The van der Waals surface area contributed by atoms with Crippen LogP contribution in [0.4, 0.5) is 0 Å². The molecule has 0 aliphatic carbocycles. The monoisotopic (exact) mass is 295 g/mol. The molecule has 2 aromatic carbocycles. The Labute approximate surface area is 129 Å². The summed E-state index contributed by atoms with van der Waals surface area (Å²) < 4.78 is 10.9. The lowest BCUT2D eigenvalue weighted by Crippen LogP contribution is -2.10. The van der Waals surface area contributed by atoms with E-state index in [1.807, 2.05) is 48.5 Å². The molecule has 0 radical (unpaired) electrons. The molecule has 0 saturated heterocycles. The number of fused-ring (bicyclic) bond motifs is 1. The number of ether oxygens (including phenoxy) is 2. The van der Waals surface area contributed by atoms with E-state index < -0.39 is 6.10 Å². The van der Waals surface area contributed by atoms with Crippen LogP contribution < -0.4 is 9.47 Å². The highest BCUT2D eigenvalue weighted by Gasteiger charge is 2.11. The van der Waals surface area contributed by atoms with Crippen LogP contribution in [0.25, 0.3) is 10.9 Å². The standard InChI is InChI=1S/C18H17NO3/c1-21-15-8-2-6-14(11-15)16(20)12-22-17-9-3-5-13-7-4-10-19-18(13)17/h2-11,16,20H,12H2,1H3. The van der Waals surface area contributed by atoms with E-state index in [0.29, 0.717) is 11.5 Å². The molecule has 1 unspecified atom stereocenters. The predicted molar refractivity (Wildman–Crippen MR) is 85.2 cm³/mol. The Bertz CT molecular complexity index is 768. The molecule has 0 bridgehead atoms. The number of methoxy groups -OCH3 is 1. The van der Waals surface area contributed by atoms with Crippen LogP contribution in [-0.4, -0.2) is 23.8 Å². The summed E-state index contributed by atoms with van der Waals surface area (Å²) in [5.41, 5.74) is 1.55. The molecule has 1 N–H and O–H groups in total. The van der Waals surface area contributed by atoms with E-state index in [0.717, 1.165) is 16.5 Å². The first-order chi connectivity index (χ1) is 10.8. The number of hydrogen-bond acceptors (Lipinski definition) is 4. The Morgan fingerprint density at radius 1 is 1.09 bits per heavy atom. The summed E-state index contributed by atoms with van der Waals surface area (Å²) in [7, 11) is 1.60. The van der Waals surface area contributed by atoms with Gasteiger partial charge in [-0.15, -0.1) is 0 Å². The Morgan fingerprint density at radius 3 is 2.77 bits per heavy atom. The van der Waals surface area contributed by atoms with Crippen molar-refractivity contribution in [3.8, 4) is 11.5 Å². The molecule has 22 heavy (non-hydrogen) atoms. The minimum Gasteiger partial charge on any atom is -0.497 e. The van der Waals surface area contributed by atoms with Crippen molar-refractivity contribution in [1.82, 2.24) is 4.98 Å². The van der Waals surface area contributed by atoms with Crippen LogP contribution >= 0.6 is 0 Å². The van der Waals surface area contributed by atoms with E-state index in [4.69, 9.17) is 9.47 Å². The zero-order chi connectivity index (χ0) is 15.4. The molecule has 3 rings (SSSR count). The molecule has 0 saturated carbocycles. The van der Waals surface area contributed by atoms with Gasteiger partial charge >= 0.3 is 0 Å². The van der Waals surface area contributed by atoms with Gasteiger partial charge in [0.2, 0.25) is 0 Å². The van der Waals surface area contributed by atoms with Crippen LogP contribution in [0.15, 0.2) is 60.8 Å². The third-order valence-electron chi connectivity index (χ3n) is 3.47. The molecule has 0 aliphatic rings. The van der Waals surface area contributed by atoms with E-state index in [1.54, 1.807) is 19.4 Å². The topological polar surface area (TPSA) is 51.6 Å². The van der Waals surface area contributed by atoms with Gasteiger partial charge in [-0.25, -0.2) is 0 Å². The molecule has 0 fully saturated rings. The maximum Gasteiger partial charge on any atom is 0.145 e. The zero-order valence-electron chi connectivity index (χ0n) is 12.3. The van der Waals surface area contributed by atoms with Crippen molar-refractivity contribution in [1.29, 1.82) is 0 Å². The molecule has 0 aliphatic heterocycles. The van der Waals surface area contributed by atoms with Crippen LogP contribution in [0, 0.1) is 0 Å². The number of nitrogens with zero attached hydrogens (tertiary/aromatic N) is 1. The summed E-state index contributed by atoms with van der Waals surface area (Å²) >= 11 is 0. The molecule has 3 aromatic rings. The number of aliphatic hydroxyl groups excluding tert-OH is 1. The zero-order valence-corrected chi connectivity index (χ0v) is 12.3. The van der Waals surface area contributed by atoms with Crippen LogP contribution in [0.3, 0.4) is 0 Å². The second-order valence-electron chi connectivity index (χ2n) is 4.93. The predicted octanol–water partition coefficient (Wildman–Crippen LogP) is 3.36. The maximum absolute atomic E-state index is 10.3. The summed E-state index contributed by atoms with van der Waals surface area (Å²) in [5, 5.41) is 11.3. The van der Waals surface area contributed by atoms with Crippen molar-refractivity contribution in [2.45, 2.75) is 6.10 Å². The molecule has 112 valence electrons. The van der Waals surface area contributed by atoms with E-state index >= 15 is 0 Å². The molecule has 1 atom stereocenters. The first-order valence-electron chi connectivity index (χ1n) is 7.06. The van der Waals surface area contributed by atoms with Gasteiger partial charge in [0.15, 0.2) is 0 Å². The molecule has 1 aromatic heterocycles. The number of benzene rings is 2. The minimum absolute atomic E-state index is 0.156. The van der Waals surface area contributed by atoms with Gasteiger partial charge in [-0.05, 0) is 29.8 Å². The van der Waals surface area contributed by atoms with Crippen molar-refractivity contribution in [3.63, 3.8) is 0 Å². The Hall–Kier alpha value is -2.59. The molecular weight excluding hydrogens is 278 g/mol.